The second-order valence-corrected chi connectivity index (χ2v) is 18.0. The number of fused-ring (bicyclic) bond motifs is 5. The zero-order chi connectivity index (χ0) is 26.1. The minimum absolute atomic E-state index is 0.114. The minimum Gasteiger partial charge on any atom is -0.299 e. The third kappa shape index (κ3) is 3.97. The molecule has 5 nitrogen and oxygen atoms in total. The molecule has 0 bridgehead atoms. The smallest absolute Gasteiger partial charge is 0.141 e. The van der Waals surface area contributed by atoms with E-state index in [1.54, 1.807) is 0 Å². The van der Waals surface area contributed by atoms with Crippen LogP contribution in [0.5, 0.6) is 0 Å². The van der Waals surface area contributed by atoms with Gasteiger partial charge in [-0.2, -0.15) is 68.1 Å². The van der Waals surface area contributed by atoms with Crippen molar-refractivity contribution in [2.75, 3.05) is 11.5 Å². The SMILES string of the molecule is N#CC1CC2CSC(C3CC4C(=O)C5CC(C6SCC7CC(C#N)C(C#N)CC76)SC5C4S3)C2CC1C#N. The van der Waals surface area contributed by atoms with Gasteiger partial charge in [-0.3, -0.25) is 4.79 Å². The predicted molar refractivity (Wildman–Crippen MR) is 153 cm³/mol. The first-order valence-corrected chi connectivity index (χ1v) is 18.2. The van der Waals surface area contributed by atoms with Gasteiger partial charge >= 0.3 is 0 Å². The summed E-state index contributed by atoms with van der Waals surface area (Å²) >= 11 is 8.34. The van der Waals surface area contributed by atoms with E-state index in [4.69, 9.17) is 0 Å². The number of carbonyl (C=O) groups excluding carboxylic acids is 1. The fraction of sp³-hybridized carbons (Fsp3) is 0.828. The number of nitrogens with zero attached hydrogens (tertiary/aromatic N) is 4. The number of hydrogen-bond acceptors (Lipinski definition) is 9. The van der Waals surface area contributed by atoms with Crippen LogP contribution < -0.4 is 0 Å². The summed E-state index contributed by atoms with van der Waals surface area (Å²) < 4.78 is 0. The van der Waals surface area contributed by atoms with Gasteiger partial charge in [-0.1, -0.05) is 0 Å². The van der Waals surface area contributed by atoms with Crippen molar-refractivity contribution >= 4 is 52.8 Å². The molecule has 4 saturated heterocycles. The molecule has 0 spiro atoms. The van der Waals surface area contributed by atoms with E-state index in [1.807, 2.05) is 0 Å². The monoisotopic (exact) mass is 580 g/mol. The molecule has 16 atom stereocenters. The normalized spacial score (nSPS) is 54.6. The van der Waals surface area contributed by atoms with Gasteiger partial charge in [0.25, 0.3) is 0 Å². The highest BCUT2D eigenvalue weighted by molar-refractivity contribution is 8.07. The molecular weight excluding hydrogens is 549 g/mol. The molecule has 3 aliphatic carbocycles. The number of hydrogen-bond donors (Lipinski definition) is 0. The molecule has 0 aromatic heterocycles. The molecule has 0 N–H and O–H groups in total. The summed E-state index contributed by atoms with van der Waals surface area (Å²) in [6.45, 7) is 0. The van der Waals surface area contributed by atoms with E-state index in [0.29, 0.717) is 61.0 Å². The number of ketones is 1. The predicted octanol–water partition coefficient (Wildman–Crippen LogP) is 5.39. The molecule has 9 heteroatoms. The molecule has 0 radical (unpaired) electrons. The van der Waals surface area contributed by atoms with Crippen LogP contribution in [-0.4, -0.2) is 48.8 Å². The lowest BCUT2D eigenvalue weighted by Gasteiger charge is -2.36. The van der Waals surface area contributed by atoms with Crippen molar-refractivity contribution in [3.05, 3.63) is 0 Å². The first-order valence-electron chi connectivity index (χ1n) is 14.2. The zero-order valence-corrected chi connectivity index (χ0v) is 24.5. The van der Waals surface area contributed by atoms with Crippen molar-refractivity contribution in [3.63, 3.8) is 0 Å². The third-order valence-corrected chi connectivity index (χ3v) is 18.5. The number of carbonyl (C=O) groups is 1. The van der Waals surface area contributed by atoms with Gasteiger partial charge in [0, 0.05) is 43.3 Å². The third-order valence-electron chi connectivity index (χ3n) is 11.1. The van der Waals surface area contributed by atoms with Crippen LogP contribution in [0.15, 0.2) is 0 Å². The summed E-state index contributed by atoms with van der Waals surface area (Å²) in [5, 5.41) is 41.3. The Morgan fingerprint density at radius 3 is 1.34 bits per heavy atom. The average molecular weight is 581 g/mol. The summed E-state index contributed by atoms with van der Waals surface area (Å²) in [6.07, 6.45) is 5.48. The second kappa shape index (κ2) is 10.1. The van der Waals surface area contributed by atoms with Crippen LogP contribution in [0.4, 0.5) is 0 Å². The van der Waals surface area contributed by atoms with Crippen LogP contribution in [0, 0.1) is 105 Å². The van der Waals surface area contributed by atoms with Crippen molar-refractivity contribution in [1.29, 1.82) is 21.0 Å². The van der Waals surface area contributed by atoms with Gasteiger partial charge in [-0.05, 0) is 73.7 Å². The standard InChI is InChI=1S/C29H32N4OS4/c30-7-13-1-17-11-35-26(19(17)3-15(13)9-32)23-5-21-25(34)22-6-24(38-29(22)28(21)37-23)27-20-4-16(10-33)14(8-31)2-18(20)12-36-27/h13-24,26-29H,1-6,11-12H2. The number of nitriles is 4. The Hall–Kier alpha value is -0.970. The fourth-order valence-electron chi connectivity index (χ4n) is 9.21. The van der Waals surface area contributed by atoms with Gasteiger partial charge in [0.1, 0.15) is 5.78 Å². The number of Topliss-reactive ketones (excluding diaryl/α,β-unsaturated/α-hetero) is 1. The van der Waals surface area contributed by atoms with Crippen molar-refractivity contribution in [2.24, 2.45) is 59.2 Å². The van der Waals surface area contributed by atoms with Gasteiger partial charge in [-0.15, -0.1) is 0 Å². The van der Waals surface area contributed by atoms with Crippen LogP contribution in [0.2, 0.25) is 0 Å². The van der Waals surface area contributed by atoms with Gasteiger partial charge in [0.2, 0.25) is 0 Å². The Labute approximate surface area is 242 Å². The van der Waals surface area contributed by atoms with Crippen molar-refractivity contribution in [1.82, 2.24) is 0 Å². The highest BCUT2D eigenvalue weighted by Gasteiger charge is 2.62. The average Bonchev–Trinajstić information content (AvgIpc) is 3.75. The van der Waals surface area contributed by atoms with E-state index in [-0.39, 0.29) is 35.5 Å². The number of thioether (sulfide) groups is 4. The van der Waals surface area contributed by atoms with Crippen LogP contribution in [-0.2, 0) is 4.79 Å². The highest BCUT2D eigenvalue weighted by atomic mass is 32.2. The first kappa shape index (κ1) is 26.0. The second-order valence-electron chi connectivity index (χ2n) is 12.7. The van der Waals surface area contributed by atoms with Crippen LogP contribution in [0.3, 0.4) is 0 Å². The lowest BCUT2D eigenvalue weighted by molar-refractivity contribution is -0.123. The molecule has 0 aromatic carbocycles. The van der Waals surface area contributed by atoms with Crippen LogP contribution >= 0.6 is 47.0 Å². The van der Waals surface area contributed by atoms with Gasteiger partial charge < -0.3 is 0 Å². The zero-order valence-electron chi connectivity index (χ0n) is 21.2. The van der Waals surface area contributed by atoms with Gasteiger partial charge in [-0.25, -0.2) is 0 Å². The summed E-state index contributed by atoms with van der Waals surface area (Å²) in [5.74, 6) is 4.77. The minimum atomic E-state index is -0.137. The van der Waals surface area contributed by atoms with Gasteiger partial charge in [0.05, 0.1) is 47.9 Å². The lowest BCUT2D eigenvalue weighted by Crippen LogP contribution is -2.36. The van der Waals surface area contributed by atoms with Crippen molar-refractivity contribution in [3.8, 4) is 24.3 Å². The molecule has 4 aliphatic heterocycles. The molecule has 7 fully saturated rings. The summed E-state index contributed by atoms with van der Waals surface area (Å²) in [6, 6.07) is 9.68. The molecule has 7 aliphatic rings. The van der Waals surface area contributed by atoms with E-state index in [2.05, 4.69) is 71.3 Å². The summed E-state index contributed by atoms with van der Waals surface area (Å²) in [5.41, 5.74) is 0. The maximum Gasteiger partial charge on any atom is 0.141 e. The molecule has 3 saturated carbocycles. The molecule has 0 amide bonds. The van der Waals surface area contributed by atoms with E-state index in [0.717, 1.165) is 50.0 Å². The molecule has 4 heterocycles. The highest BCUT2D eigenvalue weighted by Crippen LogP contribution is 2.64. The molecule has 0 aromatic rings. The van der Waals surface area contributed by atoms with E-state index >= 15 is 0 Å². The molecule has 38 heavy (non-hydrogen) atoms. The van der Waals surface area contributed by atoms with E-state index in [9.17, 15) is 25.8 Å². The summed E-state index contributed by atoms with van der Waals surface area (Å²) in [4.78, 5) is 13.7. The van der Waals surface area contributed by atoms with Crippen LogP contribution in [0.25, 0.3) is 0 Å². The molecule has 7 rings (SSSR count). The largest absolute Gasteiger partial charge is 0.299 e. The van der Waals surface area contributed by atoms with Crippen molar-refractivity contribution in [2.45, 2.75) is 70.0 Å². The summed E-state index contributed by atoms with van der Waals surface area (Å²) in [7, 11) is 0. The topological polar surface area (TPSA) is 112 Å². The van der Waals surface area contributed by atoms with Gasteiger partial charge in [0.15, 0.2) is 0 Å². The Morgan fingerprint density at radius 1 is 0.553 bits per heavy atom. The van der Waals surface area contributed by atoms with Crippen molar-refractivity contribution < 1.29 is 4.79 Å². The maximum atomic E-state index is 13.7. The van der Waals surface area contributed by atoms with Crippen LogP contribution in [0.1, 0.15) is 38.5 Å². The van der Waals surface area contributed by atoms with E-state index < -0.39 is 0 Å². The molecule has 16 unspecified atom stereocenters. The number of rotatable bonds is 2. The molecular formula is C29H32N4OS4. The maximum absolute atomic E-state index is 13.7. The quantitative estimate of drug-likeness (QED) is 0.424. The Kier molecular flexibility index (Phi) is 6.93. The Bertz CT molecular complexity index is 1080. The van der Waals surface area contributed by atoms with E-state index in [1.165, 1.54) is 0 Å². The molecule has 198 valence electrons. The first-order chi connectivity index (χ1) is 18.5. The Morgan fingerprint density at radius 2 is 0.947 bits per heavy atom. The lowest BCUT2D eigenvalue weighted by atomic mass is 9.68. The Balaban J connectivity index is 1.02. The fourth-order valence-corrected chi connectivity index (χ4v) is 17.7.